The van der Waals surface area contributed by atoms with Crippen LogP contribution >= 0.6 is 0 Å². The van der Waals surface area contributed by atoms with Gasteiger partial charge in [0, 0.05) is 18.2 Å². The molecule has 0 aromatic heterocycles. The van der Waals surface area contributed by atoms with Crippen LogP contribution in [0.5, 0.6) is 0 Å². The predicted octanol–water partition coefficient (Wildman–Crippen LogP) is 1.88. The smallest absolute Gasteiger partial charge is 0.165 e. The lowest BCUT2D eigenvalue weighted by Crippen LogP contribution is -2.15. The van der Waals surface area contributed by atoms with Crippen LogP contribution in [0.1, 0.15) is 23.7 Å². The number of aliphatic hydroxyl groups is 1. The zero-order valence-corrected chi connectivity index (χ0v) is 11.9. The Kier molecular flexibility index (Phi) is 6.62. The fourth-order valence-corrected chi connectivity index (χ4v) is 1.74. The first-order valence-corrected chi connectivity index (χ1v) is 7.38. The first-order chi connectivity index (χ1) is 9.00. The summed E-state index contributed by atoms with van der Waals surface area (Å²) in [5.41, 5.74) is 1.22. The summed E-state index contributed by atoms with van der Waals surface area (Å²) in [5, 5.41) is 9.89. The van der Waals surface area contributed by atoms with Crippen LogP contribution in [0.2, 0.25) is 0 Å². The summed E-state index contributed by atoms with van der Waals surface area (Å²) >= 11 is -1.33. The minimum Gasteiger partial charge on any atom is -0.388 e. The number of hydrogen-bond donors (Lipinski definition) is 1. The number of Topliss-reactive ketones (excluding diaryl/α,β-unsaturated/α-hetero) is 1. The number of rotatable bonds is 7. The highest BCUT2D eigenvalue weighted by Gasteiger charge is 2.13. The normalized spacial score (nSPS) is 15.0. The molecular weight excluding hydrogens is 264 g/mol. The van der Waals surface area contributed by atoms with Crippen LogP contribution < -0.4 is 0 Å². The van der Waals surface area contributed by atoms with E-state index in [2.05, 4.69) is 0 Å². The first-order valence-electron chi connectivity index (χ1n) is 5.90. The summed E-state index contributed by atoms with van der Waals surface area (Å²) in [4.78, 5) is 11.9. The zero-order valence-electron chi connectivity index (χ0n) is 11.0. The van der Waals surface area contributed by atoms with Crippen LogP contribution in [0.4, 0.5) is 0 Å². The molecule has 19 heavy (non-hydrogen) atoms. The van der Waals surface area contributed by atoms with Crippen LogP contribution in [0.3, 0.4) is 0 Å². The van der Waals surface area contributed by atoms with Gasteiger partial charge in [0.05, 0.1) is 12.7 Å². The Morgan fingerprint density at radius 3 is 2.63 bits per heavy atom. The third-order valence-electron chi connectivity index (χ3n) is 2.64. The molecule has 0 radical (unpaired) electrons. The van der Waals surface area contributed by atoms with Gasteiger partial charge in [-0.3, -0.25) is 8.98 Å². The van der Waals surface area contributed by atoms with Gasteiger partial charge in [-0.05, 0) is 12.5 Å². The van der Waals surface area contributed by atoms with Gasteiger partial charge in [-0.25, -0.2) is 4.21 Å². The van der Waals surface area contributed by atoms with Crippen LogP contribution in [0, 0.1) is 0 Å². The Balaban J connectivity index is 2.52. The van der Waals surface area contributed by atoms with Crippen molar-refractivity contribution in [2.75, 3.05) is 12.9 Å². The van der Waals surface area contributed by atoms with Crippen molar-refractivity contribution in [1.82, 2.24) is 0 Å². The minimum atomic E-state index is -1.33. The molecular formula is C14H18O4S. The van der Waals surface area contributed by atoms with E-state index in [4.69, 9.17) is 4.18 Å². The quantitative estimate of drug-likeness (QED) is 0.612. The monoisotopic (exact) mass is 282 g/mol. The molecule has 0 saturated carbocycles. The molecule has 1 aromatic rings. The van der Waals surface area contributed by atoms with E-state index in [1.54, 1.807) is 37.3 Å². The SMILES string of the molecule is C/C(=C\COS(C)=O)[C@@H](O)CC(=O)c1ccccc1. The second kappa shape index (κ2) is 7.99. The molecule has 1 rings (SSSR count). The summed E-state index contributed by atoms with van der Waals surface area (Å²) in [6.45, 7) is 1.87. The van der Waals surface area contributed by atoms with Gasteiger partial charge in [0.15, 0.2) is 16.9 Å². The highest BCUT2D eigenvalue weighted by molar-refractivity contribution is 7.79. The largest absolute Gasteiger partial charge is 0.388 e. The summed E-state index contributed by atoms with van der Waals surface area (Å²) in [6, 6.07) is 8.84. The molecule has 1 N–H and O–H groups in total. The molecule has 0 bridgehead atoms. The number of hydrogen-bond acceptors (Lipinski definition) is 4. The Labute approximate surface area is 115 Å². The molecule has 0 fully saturated rings. The van der Waals surface area contributed by atoms with Gasteiger partial charge in [0.25, 0.3) is 0 Å². The topological polar surface area (TPSA) is 63.6 Å². The van der Waals surface area contributed by atoms with Crippen molar-refractivity contribution >= 4 is 16.9 Å². The number of carbonyl (C=O) groups excluding carboxylic acids is 1. The highest BCUT2D eigenvalue weighted by atomic mass is 32.2. The van der Waals surface area contributed by atoms with E-state index >= 15 is 0 Å². The number of ketones is 1. The van der Waals surface area contributed by atoms with Crippen molar-refractivity contribution in [2.24, 2.45) is 0 Å². The molecule has 0 aliphatic rings. The van der Waals surface area contributed by atoms with E-state index in [1.165, 1.54) is 6.26 Å². The van der Waals surface area contributed by atoms with E-state index in [-0.39, 0.29) is 18.8 Å². The maximum absolute atomic E-state index is 11.9. The van der Waals surface area contributed by atoms with Crippen LogP contribution in [-0.2, 0) is 15.3 Å². The predicted molar refractivity (Wildman–Crippen MR) is 75.2 cm³/mol. The number of carbonyl (C=O) groups is 1. The summed E-state index contributed by atoms with van der Waals surface area (Å²) in [7, 11) is 0. The van der Waals surface area contributed by atoms with Crippen LogP contribution in [0.15, 0.2) is 42.0 Å². The van der Waals surface area contributed by atoms with Gasteiger partial charge < -0.3 is 5.11 Å². The maximum atomic E-state index is 11.9. The Morgan fingerprint density at radius 1 is 1.42 bits per heavy atom. The molecule has 0 aliphatic carbocycles. The van der Waals surface area contributed by atoms with Gasteiger partial charge in [-0.15, -0.1) is 0 Å². The van der Waals surface area contributed by atoms with Crippen LogP contribution in [-0.4, -0.2) is 34.1 Å². The molecule has 0 aliphatic heterocycles. The molecule has 0 amide bonds. The fourth-order valence-electron chi connectivity index (χ4n) is 1.48. The van der Waals surface area contributed by atoms with Gasteiger partial charge in [0.2, 0.25) is 0 Å². The lowest BCUT2D eigenvalue weighted by Gasteiger charge is -2.10. The lowest BCUT2D eigenvalue weighted by molar-refractivity contribution is 0.0913. The second-order valence-electron chi connectivity index (χ2n) is 4.14. The fraction of sp³-hybridized carbons (Fsp3) is 0.357. The zero-order chi connectivity index (χ0) is 14.3. The van der Waals surface area contributed by atoms with Crippen LogP contribution in [0.25, 0.3) is 0 Å². The first kappa shape index (κ1) is 15.8. The molecule has 1 unspecified atom stereocenters. The molecule has 104 valence electrons. The standard InChI is InChI=1S/C14H18O4S/c1-11(8-9-18-19(2)17)13(15)10-14(16)12-6-4-3-5-7-12/h3-8,13,15H,9-10H2,1-2H3/b11-8+/t13-,19?/m0/s1. The average Bonchev–Trinajstić information content (AvgIpc) is 2.39. The average molecular weight is 282 g/mol. The summed E-state index contributed by atoms with van der Waals surface area (Å²) in [6.07, 6.45) is 2.24. The van der Waals surface area contributed by atoms with Crippen molar-refractivity contribution in [3.05, 3.63) is 47.5 Å². The van der Waals surface area contributed by atoms with Crippen molar-refractivity contribution in [3.63, 3.8) is 0 Å². The Morgan fingerprint density at radius 2 is 2.05 bits per heavy atom. The van der Waals surface area contributed by atoms with E-state index in [1.807, 2.05) is 6.07 Å². The number of aliphatic hydroxyl groups excluding tert-OH is 1. The third-order valence-corrected chi connectivity index (χ3v) is 3.11. The molecule has 2 atom stereocenters. The third kappa shape index (κ3) is 5.92. The Hall–Kier alpha value is -1.30. The van der Waals surface area contributed by atoms with Crippen molar-refractivity contribution in [2.45, 2.75) is 19.4 Å². The molecule has 0 spiro atoms. The van der Waals surface area contributed by atoms with Gasteiger partial charge in [-0.1, -0.05) is 36.4 Å². The van der Waals surface area contributed by atoms with E-state index < -0.39 is 17.2 Å². The highest BCUT2D eigenvalue weighted by Crippen LogP contribution is 2.11. The van der Waals surface area contributed by atoms with Crippen molar-refractivity contribution in [3.8, 4) is 0 Å². The van der Waals surface area contributed by atoms with Gasteiger partial charge in [0.1, 0.15) is 0 Å². The van der Waals surface area contributed by atoms with E-state index in [9.17, 15) is 14.1 Å². The van der Waals surface area contributed by atoms with Crippen molar-refractivity contribution in [1.29, 1.82) is 0 Å². The second-order valence-corrected chi connectivity index (χ2v) is 5.18. The van der Waals surface area contributed by atoms with Gasteiger partial charge in [-0.2, -0.15) is 0 Å². The molecule has 1 aromatic carbocycles. The maximum Gasteiger partial charge on any atom is 0.165 e. The van der Waals surface area contributed by atoms with E-state index in [0.29, 0.717) is 11.1 Å². The molecule has 0 heterocycles. The summed E-state index contributed by atoms with van der Waals surface area (Å²) < 4.78 is 15.6. The van der Waals surface area contributed by atoms with E-state index in [0.717, 1.165) is 0 Å². The minimum absolute atomic E-state index is 0.0293. The molecule has 0 saturated heterocycles. The lowest BCUT2D eigenvalue weighted by atomic mass is 10.0. The van der Waals surface area contributed by atoms with Gasteiger partial charge >= 0.3 is 0 Å². The molecule has 5 heteroatoms. The number of benzene rings is 1. The molecule has 4 nitrogen and oxygen atoms in total. The van der Waals surface area contributed by atoms with Crippen molar-refractivity contribution < 1.29 is 18.3 Å². The Bertz CT molecular complexity index is 468. The summed E-state index contributed by atoms with van der Waals surface area (Å²) in [5.74, 6) is -0.110.